The Bertz CT molecular complexity index is 366. The lowest BCUT2D eigenvalue weighted by atomic mass is 10.0. The number of halogens is 1. The Hall–Kier alpha value is -1.44. The number of Topliss-reactive ketones (excluding diaryl/α,β-unsaturated/α-hetero) is 1. The molecule has 68 valence electrons. The highest BCUT2D eigenvalue weighted by Crippen LogP contribution is 2.14. The number of hydrogen-bond acceptors (Lipinski definition) is 1. The van der Waals surface area contributed by atoms with Gasteiger partial charge in [0.1, 0.15) is 5.82 Å². The van der Waals surface area contributed by atoms with E-state index in [2.05, 4.69) is 6.58 Å². The van der Waals surface area contributed by atoms with Crippen molar-refractivity contribution >= 4 is 5.78 Å². The lowest BCUT2D eigenvalue weighted by Gasteiger charge is -2.03. The molecule has 0 spiro atoms. The first-order valence-corrected chi connectivity index (χ1v) is 3.99. The van der Waals surface area contributed by atoms with Crippen LogP contribution in [-0.2, 0) is 0 Å². The van der Waals surface area contributed by atoms with Crippen molar-refractivity contribution in [3.05, 3.63) is 47.3 Å². The van der Waals surface area contributed by atoms with Crippen molar-refractivity contribution in [1.82, 2.24) is 0 Å². The molecule has 2 heteroatoms. The van der Waals surface area contributed by atoms with Crippen LogP contribution in [0.4, 0.5) is 4.39 Å². The van der Waals surface area contributed by atoms with E-state index in [1.807, 2.05) is 0 Å². The first-order valence-electron chi connectivity index (χ1n) is 3.99. The summed E-state index contributed by atoms with van der Waals surface area (Å²) in [4.78, 5) is 11.4. The highest BCUT2D eigenvalue weighted by Gasteiger charge is 2.12. The maximum Gasteiger partial charge on any atom is 0.191 e. The van der Waals surface area contributed by atoms with Gasteiger partial charge in [-0.05, 0) is 31.1 Å². The topological polar surface area (TPSA) is 17.1 Å². The summed E-state index contributed by atoms with van der Waals surface area (Å²) in [6.07, 6.45) is 0. The largest absolute Gasteiger partial charge is 0.289 e. The summed E-state index contributed by atoms with van der Waals surface area (Å²) >= 11 is 0. The Morgan fingerprint density at radius 2 is 2.08 bits per heavy atom. The molecule has 0 aliphatic rings. The first kappa shape index (κ1) is 9.65. The molecule has 0 saturated carbocycles. The molecule has 1 rings (SSSR count). The Kier molecular flexibility index (Phi) is 2.61. The Morgan fingerprint density at radius 3 is 2.62 bits per heavy atom. The molecule has 0 saturated heterocycles. The van der Waals surface area contributed by atoms with Crippen molar-refractivity contribution in [1.29, 1.82) is 0 Å². The second-order valence-corrected chi connectivity index (χ2v) is 3.05. The molecular formula is C11H11FO. The molecule has 0 atom stereocenters. The maximum absolute atomic E-state index is 13.4. The number of carbonyl (C=O) groups excluding carboxylic acids is 1. The summed E-state index contributed by atoms with van der Waals surface area (Å²) in [6, 6.07) is 4.76. The molecule has 1 aromatic carbocycles. The van der Waals surface area contributed by atoms with Gasteiger partial charge in [0.15, 0.2) is 5.78 Å². The third kappa shape index (κ3) is 1.83. The average molecular weight is 178 g/mol. The second-order valence-electron chi connectivity index (χ2n) is 3.05. The van der Waals surface area contributed by atoms with Crippen LogP contribution in [0.3, 0.4) is 0 Å². The van der Waals surface area contributed by atoms with Crippen molar-refractivity contribution in [3.63, 3.8) is 0 Å². The average Bonchev–Trinajstić information content (AvgIpc) is 2.08. The highest BCUT2D eigenvalue weighted by atomic mass is 19.1. The van der Waals surface area contributed by atoms with E-state index in [0.29, 0.717) is 11.1 Å². The zero-order chi connectivity index (χ0) is 10.0. The number of benzene rings is 1. The van der Waals surface area contributed by atoms with E-state index >= 15 is 0 Å². The van der Waals surface area contributed by atoms with Gasteiger partial charge in [0.05, 0.1) is 5.56 Å². The van der Waals surface area contributed by atoms with Gasteiger partial charge in [0.2, 0.25) is 0 Å². The van der Waals surface area contributed by atoms with Gasteiger partial charge in [0.25, 0.3) is 0 Å². The smallest absolute Gasteiger partial charge is 0.191 e. The third-order valence-electron chi connectivity index (χ3n) is 1.82. The third-order valence-corrected chi connectivity index (χ3v) is 1.82. The molecule has 1 nitrogen and oxygen atoms in total. The van der Waals surface area contributed by atoms with E-state index in [4.69, 9.17) is 0 Å². The summed E-state index contributed by atoms with van der Waals surface area (Å²) < 4.78 is 13.4. The minimum Gasteiger partial charge on any atom is -0.289 e. The van der Waals surface area contributed by atoms with E-state index < -0.39 is 5.82 Å². The van der Waals surface area contributed by atoms with Crippen molar-refractivity contribution < 1.29 is 9.18 Å². The number of hydrogen-bond donors (Lipinski definition) is 0. The second kappa shape index (κ2) is 3.52. The zero-order valence-electron chi connectivity index (χ0n) is 7.73. The monoisotopic (exact) mass is 178 g/mol. The number of allylic oxidation sites excluding steroid dienone is 1. The Morgan fingerprint density at radius 1 is 1.46 bits per heavy atom. The number of carbonyl (C=O) groups is 1. The fourth-order valence-corrected chi connectivity index (χ4v) is 1.05. The number of rotatable bonds is 2. The number of aryl methyl sites for hydroxylation is 1. The van der Waals surface area contributed by atoms with E-state index in [1.54, 1.807) is 26.0 Å². The van der Waals surface area contributed by atoms with Crippen LogP contribution in [0.1, 0.15) is 22.8 Å². The van der Waals surface area contributed by atoms with Gasteiger partial charge in [-0.3, -0.25) is 4.79 Å². The highest BCUT2D eigenvalue weighted by molar-refractivity contribution is 6.08. The molecule has 0 bridgehead atoms. The van der Waals surface area contributed by atoms with E-state index in [9.17, 15) is 9.18 Å². The van der Waals surface area contributed by atoms with Crippen LogP contribution < -0.4 is 0 Å². The van der Waals surface area contributed by atoms with Crippen molar-refractivity contribution in [3.8, 4) is 0 Å². The first-order chi connectivity index (χ1) is 6.04. The van der Waals surface area contributed by atoms with Gasteiger partial charge in [-0.2, -0.15) is 0 Å². The lowest BCUT2D eigenvalue weighted by Crippen LogP contribution is -2.03. The Balaban J connectivity index is 3.23. The molecule has 0 fully saturated rings. The summed E-state index contributed by atoms with van der Waals surface area (Å²) in [6.45, 7) is 6.69. The summed E-state index contributed by atoms with van der Waals surface area (Å²) in [5.74, 6) is -0.781. The molecule has 0 unspecified atom stereocenters. The molecule has 0 radical (unpaired) electrons. The predicted molar refractivity (Wildman–Crippen MR) is 50.3 cm³/mol. The summed E-state index contributed by atoms with van der Waals surface area (Å²) in [5, 5.41) is 0. The van der Waals surface area contributed by atoms with Crippen LogP contribution in [0.15, 0.2) is 30.4 Å². The van der Waals surface area contributed by atoms with E-state index in [1.165, 1.54) is 6.07 Å². The van der Waals surface area contributed by atoms with Gasteiger partial charge < -0.3 is 0 Å². The van der Waals surface area contributed by atoms with Gasteiger partial charge >= 0.3 is 0 Å². The molecule has 1 aromatic rings. The zero-order valence-corrected chi connectivity index (χ0v) is 7.73. The van der Waals surface area contributed by atoms with Crippen molar-refractivity contribution in [2.75, 3.05) is 0 Å². The van der Waals surface area contributed by atoms with Gasteiger partial charge in [-0.1, -0.05) is 18.7 Å². The molecule has 0 N–H and O–H groups in total. The van der Waals surface area contributed by atoms with Crippen LogP contribution in [0.25, 0.3) is 0 Å². The van der Waals surface area contributed by atoms with Crippen LogP contribution in [0.5, 0.6) is 0 Å². The minimum absolute atomic E-state index is 0.104. The van der Waals surface area contributed by atoms with Crippen LogP contribution in [0.2, 0.25) is 0 Å². The molecular weight excluding hydrogens is 167 g/mol. The Labute approximate surface area is 76.9 Å². The molecule has 13 heavy (non-hydrogen) atoms. The predicted octanol–water partition coefficient (Wildman–Crippen LogP) is 2.89. The van der Waals surface area contributed by atoms with Crippen LogP contribution >= 0.6 is 0 Å². The van der Waals surface area contributed by atoms with Crippen molar-refractivity contribution in [2.24, 2.45) is 0 Å². The van der Waals surface area contributed by atoms with Gasteiger partial charge in [-0.25, -0.2) is 4.39 Å². The maximum atomic E-state index is 13.4. The fraction of sp³-hybridized carbons (Fsp3) is 0.182. The van der Waals surface area contributed by atoms with Crippen LogP contribution in [0, 0.1) is 12.7 Å². The summed E-state index contributed by atoms with van der Waals surface area (Å²) in [7, 11) is 0. The summed E-state index contributed by atoms with van der Waals surface area (Å²) in [5.41, 5.74) is 0.934. The molecule has 0 aromatic heterocycles. The van der Waals surface area contributed by atoms with E-state index in [-0.39, 0.29) is 11.3 Å². The molecule has 0 heterocycles. The molecule has 0 aliphatic carbocycles. The normalized spacial score (nSPS) is 9.77. The van der Waals surface area contributed by atoms with Gasteiger partial charge in [0, 0.05) is 0 Å². The lowest BCUT2D eigenvalue weighted by molar-refractivity contribution is 0.103. The molecule has 0 aliphatic heterocycles. The van der Waals surface area contributed by atoms with E-state index in [0.717, 1.165) is 0 Å². The quantitative estimate of drug-likeness (QED) is 0.502. The standard InChI is InChI=1S/C11H11FO/c1-7(2)11(13)9-6-4-5-8(3)10(9)12/h4-6H,1H2,2-3H3. The fourth-order valence-electron chi connectivity index (χ4n) is 1.05. The van der Waals surface area contributed by atoms with Crippen molar-refractivity contribution in [2.45, 2.75) is 13.8 Å². The van der Waals surface area contributed by atoms with Gasteiger partial charge in [-0.15, -0.1) is 0 Å². The minimum atomic E-state index is -0.449. The van der Waals surface area contributed by atoms with Crippen LogP contribution in [-0.4, -0.2) is 5.78 Å². The number of ketones is 1. The SMILES string of the molecule is C=C(C)C(=O)c1cccc(C)c1F. The molecule has 0 amide bonds.